The van der Waals surface area contributed by atoms with Gasteiger partial charge in [-0.15, -0.1) is 5.10 Å². The van der Waals surface area contributed by atoms with Gasteiger partial charge in [-0.05, 0) is 66.7 Å². The Kier molecular flexibility index (Phi) is 7.29. The molecule has 0 fully saturated rings. The maximum atomic E-state index is 5.80. The summed E-state index contributed by atoms with van der Waals surface area (Å²) in [5.74, 6) is 3.07. The monoisotopic (exact) mass is 427 g/mol. The Morgan fingerprint density at radius 2 is 1.53 bits per heavy atom. The van der Waals surface area contributed by atoms with Crippen LogP contribution in [0.25, 0.3) is 11.4 Å². The van der Waals surface area contributed by atoms with Gasteiger partial charge in [0.05, 0.1) is 21.3 Å². The van der Waals surface area contributed by atoms with E-state index >= 15 is 0 Å². The van der Waals surface area contributed by atoms with Crippen LogP contribution in [-0.4, -0.2) is 35.6 Å². The van der Waals surface area contributed by atoms with Crippen LogP contribution >= 0.6 is 12.2 Å². The molecule has 3 aromatic rings. The van der Waals surface area contributed by atoms with Crippen molar-refractivity contribution in [1.29, 1.82) is 0 Å². The number of hydrogen-bond acceptors (Lipinski definition) is 4. The molecule has 0 bridgehead atoms. The average Bonchev–Trinajstić information content (AvgIpc) is 3.03. The first kappa shape index (κ1) is 22.1. The van der Waals surface area contributed by atoms with Gasteiger partial charge in [0, 0.05) is 17.7 Å². The molecular weight excluding hydrogens is 396 g/mol. The first-order valence-electron chi connectivity index (χ1n) is 10.2. The predicted octanol–water partition coefficient (Wildman–Crippen LogP) is 3.43. The van der Waals surface area contributed by atoms with E-state index < -0.39 is 0 Å². The van der Waals surface area contributed by atoms with Crippen molar-refractivity contribution in [3.63, 3.8) is 0 Å². The lowest BCUT2D eigenvalue weighted by molar-refractivity contribution is -0.917. The molecule has 0 aliphatic carbocycles. The second-order valence-electron chi connectivity index (χ2n) is 7.98. The topological polar surface area (TPSA) is 45.6 Å². The van der Waals surface area contributed by atoms with Crippen LogP contribution in [-0.2, 0) is 19.8 Å². The minimum Gasteiger partial charge on any atom is -0.497 e. The smallest absolute Gasteiger partial charge is 0.203 e. The molecule has 0 aliphatic heterocycles. The summed E-state index contributed by atoms with van der Waals surface area (Å²) in [6, 6.07) is 16.2. The molecule has 1 unspecified atom stereocenters. The van der Waals surface area contributed by atoms with Gasteiger partial charge in [-0.3, -0.25) is 4.57 Å². The molecule has 0 saturated carbocycles. The van der Waals surface area contributed by atoms with Gasteiger partial charge < -0.3 is 14.4 Å². The molecule has 0 amide bonds. The number of ether oxygens (including phenoxy) is 2. The van der Waals surface area contributed by atoms with E-state index in [0.717, 1.165) is 40.7 Å². The first-order valence-corrected chi connectivity index (χ1v) is 10.6. The van der Waals surface area contributed by atoms with Crippen LogP contribution in [0.2, 0.25) is 0 Å². The minimum atomic E-state index is 0.468. The lowest BCUT2D eigenvalue weighted by Gasteiger charge is -2.14. The van der Waals surface area contributed by atoms with Crippen molar-refractivity contribution < 1.29 is 14.4 Å². The molecule has 1 aromatic heterocycles. The van der Waals surface area contributed by atoms with Gasteiger partial charge in [-0.25, -0.2) is 0 Å². The molecule has 0 radical (unpaired) electrons. The first-order chi connectivity index (χ1) is 14.4. The molecule has 160 valence electrons. The van der Waals surface area contributed by atoms with Gasteiger partial charge >= 0.3 is 0 Å². The highest BCUT2D eigenvalue weighted by Gasteiger charge is 2.16. The predicted molar refractivity (Wildman–Crippen MR) is 121 cm³/mol. The quantitative estimate of drug-likeness (QED) is 0.532. The van der Waals surface area contributed by atoms with Crippen molar-refractivity contribution in [2.75, 3.05) is 21.3 Å². The zero-order chi connectivity index (χ0) is 21.7. The number of quaternary nitrogens is 1. The molecule has 7 heteroatoms. The SMILES string of the molecule is COc1ccc(C[NH+](C)Cn2nc(-c3ccc(OC)cc3)n(CC(C)C)c2=S)cc1. The van der Waals surface area contributed by atoms with Crippen LogP contribution in [0.1, 0.15) is 19.4 Å². The summed E-state index contributed by atoms with van der Waals surface area (Å²) in [5.41, 5.74) is 2.28. The van der Waals surface area contributed by atoms with E-state index in [2.05, 4.69) is 37.6 Å². The Hall–Kier alpha value is -2.64. The third-order valence-corrected chi connectivity index (χ3v) is 5.33. The number of methoxy groups -OCH3 is 2. The fraction of sp³-hybridized carbons (Fsp3) is 0.391. The number of nitrogens with one attached hydrogen (secondary N) is 1. The third kappa shape index (κ3) is 5.29. The summed E-state index contributed by atoms with van der Waals surface area (Å²) < 4.78 is 15.4. The summed E-state index contributed by atoms with van der Waals surface area (Å²) in [7, 11) is 5.51. The average molecular weight is 428 g/mol. The zero-order valence-electron chi connectivity index (χ0n) is 18.4. The van der Waals surface area contributed by atoms with Crippen LogP contribution in [0.15, 0.2) is 48.5 Å². The molecule has 1 atom stereocenters. The number of rotatable bonds is 9. The van der Waals surface area contributed by atoms with Gasteiger partial charge in [0.1, 0.15) is 18.0 Å². The van der Waals surface area contributed by atoms with Gasteiger partial charge in [-0.2, -0.15) is 4.68 Å². The zero-order valence-corrected chi connectivity index (χ0v) is 19.2. The van der Waals surface area contributed by atoms with E-state index in [4.69, 9.17) is 26.8 Å². The fourth-order valence-electron chi connectivity index (χ4n) is 3.43. The van der Waals surface area contributed by atoms with Gasteiger partial charge in [0.25, 0.3) is 0 Å². The minimum absolute atomic E-state index is 0.468. The maximum absolute atomic E-state index is 5.80. The van der Waals surface area contributed by atoms with Crippen LogP contribution in [0, 0.1) is 10.7 Å². The number of nitrogens with zero attached hydrogens (tertiary/aromatic N) is 3. The van der Waals surface area contributed by atoms with Crippen molar-refractivity contribution in [3.05, 3.63) is 58.9 Å². The van der Waals surface area contributed by atoms with E-state index in [-0.39, 0.29) is 0 Å². The lowest BCUT2D eigenvalue weighted by Crippen LogP contribution is -3.07. The largest absolute Gasteiger partial charge is 0.497 e. The Bertz CT molecular complexity index is 1010. The normalized spacial score (nSPS) is 12.2. The van der Waals surface area contributed by atoms with E-state index in [1.165, 1.54) is 10.5 Å². The van der Waals surface area contributed by atoms with E-state index in [0.29, 0.717) is 12.6 Å². The number of aromatic nitrogens is 3. The highest BCUT2D eigenvalue weighted by atomic mass is 32.1. The summed E-state index contributed by atoms with van der Waals surface area (Å²) in [6.45, 7) is 6.79. The lowest BCUT2D eigenvalue weighted by atomic mass is 10.2. The number of hydrogen-bond donors (Lipinski definition) is 1. The second-order valence-corrected chi connectivity index (χ2v) is 8.34. The van der Waals surface area contributed by atoms with Crippen molar-refractivity contribution in [2.24, 2.45) is 5.92 Å². The van der Waals surface area contributed by atoms with Gasteiger partial charge in [-0.1, -0.05) is 13.8 Å². The highest BCUT2D eigenvalue weighted by Crippen LogP contribution is 2.22. The molecule has 0 saturated heterocycles. The van der Waals surface area contributed by atoms with Crippen molar-refractivity contribution >= 4 is 12.2 Å². The standard InChI is InChI=1S/C23H30N4O2S/c1-17(2)14-26-22(19-8-12-21(29-5)13-9-19)24-27(23(26)30)16-25(3)15-18-6-10-20(28-4)11-7-18/h6-13,17H,14-16H2,1-5H3/p+1. The van der Waals surface area contributed by atoms with E-state index in [1.807, 2.05) is 41.1 Å². The highest BCUT2D eigenvalue weighted by molar-refractivity contribution is 7.71. The summed E-state index contributed by atoms with van der Waals surface area (Å²) in [6.07, 6.45) is 0. The van der Waals surface area contributed by atoms with E-state index in [9.17, 15) is 0 Å². The molecule has 30 heavy (non-hydrogen) atoms. The Labute approximate surface area is 183 Å². The summed E-state index contributed by atoms with van der Waals surface area (Å²) in [4.78, 5) is 1.30. The molecule has 3 rings (SSSR count). The van der Waals surface area contributed by atoms with Crippen LogP contribution in [0.4, 0.5) is 0 Å². The fourth-order valence-corrected chi connectivity index (χ4v) is 3.70. The van der Waals surface area contributed by atoms with Crippen LogP contribution in [0.5, 0.6) is 11.5 Å². The summed E-state index contributed by atoms with van der Waals surface area (Å²) in [5, 5.41) is 4.89. The van der Waals surface area contributed by atoms with E-state index in [1.54, 1.807) is 14.2 Å². The van der Waals surface area contributed by atoms with Gasteiger partial charge in [0.15, 0.2) is 12.5 Å². The Morgan fingerprint density at radius 3 is 2.07 bits per heavy atom. The molecule has 6 nitrogen and oxygen atoms in total. The molecule has 0 spiro atoms. The van der Waals surface area contributed by atoms with Crippen LogP contribution in [0.3, 0.4) is 0 Å². The van der Waals surface area contributed by atoms with Crippen molar-refractivity contribution in [2.45, 2.75) is 33.6 Å². The molecule has 2 aromatic carbocycles. The summed E-state index contributed by atoms with van der Waals surface area (Å²) >= 11 is 5.80. The molecule has 1 heterocycles. The molecule has 0 aliphatic rings. The second kappa shape index (κ2) is 9.91. The Balaban J connectivity index is 1.84. The molecular formula is C23H31N4O2S+. The third-order valence-electron chi connectivity index (χ3n) is 4.90. The molecule has 1 N–H and O–H groups in total. The van der Waals surface area contributed by atoms with Crippen LogP contribution < -0.4 is 14.4 Å². The van der Waals surface area contributed by atoms with Crippen molar-refractivity contribution in [1.82, 2.24) is 14.3 Å². The Morgan fingerprint density at radius 1 is 0.967 bits per heavy atom. The number of benzene rings is 2. The van der Waals surface area contributed by atoms with Crippen molar-refractivity contribution in [3.8, 4) is 22.9 Å². The maximum Gasteiger partial charge on any atom is 0.203 e. The van der Waals surface area contributed by atoms with Gasteiger partial charge in [0.2, 0.25) is 4.77 Å².